The van der Waals surface area contributed by atoms with Crippen LogP contribution in [0.15, 0.2) is 18.2 Å². The standard InChI is InChI=1S/C15H22FN3O3S/c1-17-10-11-5-7-19(8-6-11)15(20)13-9-12(16)3-4-14(13)18-23(2,21)22/h3-4,9,11,17-18H,5-8,10H2,1-2H3. The molecule has 0 spiro atoms. The summed E-state index contributed by atoms with van der Waals surface area (Å²) in [7, 11) is -1.65. The van der Waals surface area contributed by atoms with E-state index in [4.69, 9.17) is 0 Å². The molecule has 0 bridgehead atoms. The van der Waals surface area contributed by atoms with Crippen molar-refractivity contribution in [2.75, 3.05) is 37.7 Å². The van der Waals surface area contributed by atoms with Crippen LogP contribution in [0.5, 0.6) is 0 Å². The van der Waals surface area contributed by atoms with E-state index in [9.17, 15) is 17.6 Å². The highest BCUT2D eigenvalue weighted by atomic mass is 32.2. The van der Waals surface area contributed by atoms with Crippen molar-refractivity contribution in [3.8, 4) is 0 Å². The third kappa shape index (κ3) is 4.90. The molecule has 0 unspecified atom stereocenters. The number of nitrogens with one attached hydrogen (secondary N) is 2. The summed E-state index contributed by atoms with van der Waals surface area (Å²) in [4.78, 5) is 14.3. The molecular formula is C15H22FN3O3S. The number of carbonyl (C=O) groups is 1. The molecule has 1 fully saturated rings. The van der Waals surface area contributed by atoms with Gasteiger partial charge in [-0.2, -0.15) is 0 Å². The maximum absolute atomic E-state index is 13.5. The second-order valence-corrected chi connectivity index (χ2v) is 7.61. The van der Waals surface area contributed by atoms with E-state index in [2.05, 4.69) is 10.0 Å². The first-order valence-corrected chi connectivity index (χ1v) is 9.40. The predicted octanol–water partition coefficient (Wildman–Crippen LogP) is 1.27. The van der Waals surface area contributed by atoms with E-state index in [1.54, 1.807) is 4.90 Å². The Bertz CT molecular complexity index is 671. The molecule has 1 aliphatic rings. The molecule has 0 aliphatic carbocycles. The number of carbonyl (C=O) groups excluding carboxylic acids is 1. The summed E-state index contributed by atoms with van der Waals surface area (Å²) in [6, 6.07) is 3.48. The van der Waals surface area contributed by atoms with Crippen LogP contribution in [-0.2, 0) is 10.0 Å². The molecular weight excluding hydrogens is 321 g/mol. The van der Waals surface area contributed by atoms with Gasteiger partial charge in [-0.3, -0.25) is 9.52 Å². The molecule has 0 aromatic heterocycles. The number of rotatable bonds is 5. The van der Waals surface area contributed by atoms with Crippen molar-refractivity contribution in [2.24, 2.45) is 5.92 Å². The van der Waals surface area contributed by atoms with E-state index in [-0.39, 0.29) is 17.2 Å². The van der Waals surface area contributed by atoms with Crippen LogP contribution < -0.4 is 10.0 Å². The molecule has 0 atom stereocenters. The number of likely N-dealkylation sites (tertiary alicyclic amines) is 1. The number of benzene rings is 1. The molecule has 1 saturated heterocycles. The van der Waals surface area contributed by atoms with Crippen LogP contribution in [0, 0.1) is 11.7 Å². The van der Waals surface area contributed by atoms with E-state index in [0.717, 1.165) is 37.8 Å². The summed E-state index contributed by atoms with van der Waals surface area (Å²) in [6.07, 6.45) is 2.74. The minimum absolute atomic E-state index is 0.0440. The Labute approximate surface area is 136 Å². The van der Waals surface area contributed by atoms with Crippen molar-refractivity contribution in [1.29, 1.82) is 0 Å². The Kier molecular flexibility index (Phi) is 5.59. The Morgan fingerprint density at radius 3 is 2.57 bits per heavy atom. The van der Waals surface area contributed by atoms with Gasteiger partial charge in [0.15, 0.2) is 0 Å². The topological polar surface area (TPSA) is 78.5 Å². The Morgan fingerprint density at radius 2 is 2.00 bits per heavy atom. The molecule has 1 aromatic carbocycles. The second-order valence-electron chi connectivity index (χ2n) is 5.86. The van der Waals surface area contributed by atoms with Crippen LogP contribution >= 0.6 is 0 Å². The summed E-state index contributed by atoms with van der Waals surface area (Å²) in [5.74, 6) is -0.402. The maximum atomic E-state index is 13.5. The first-order valence-electron chi connectivity index (χ1n) is 7.51. The summed E-state index contributed by atoms with van der Waals surface area (Å²) in [5.41, 5.74) is 0.152. The number of sulfonamides is 1. The SMILES string of the molecule is CNCC1CCN(C(=O)c2cc(F)ccc2NS(C)(=O)=O)CC1. The van der Waals surface area contributed by atoms with Gasteiger partial charge in [0, 0.05) is 13.1 Å². The molecule has 1 heterocycles. The van der Waals surface area contributed by atoms with E-state index < -0.39 is 15.8 Å². The average molecular weight is 343 g/mol. The van der Waals surface area contributed by atoms with Gasteiger partial charge in [0.2, 0.25) is 10.0 Å². The first kappa shape index (κ1) is 17.7. The molecule has 0 radical (unpaired) electrons. The lowest BCUT2D eigenvalue weighted by Gasteiger charge is -2.32. The summed E-state index contributed by atoms with van der Waals surface area (Å²) < 4.78 is 38.6. The molecule has 2 N–H and O–H groups in total. The molecule has 1 amide bonds. The van der Waals surface area contributed by atoms with Gasteiger partial charge in [-0.25, -0.2) is 12.8 Å². The third-order valence-corrected chi connectivity index (χ3v) is 4.49. The average Bonchev–Trinajstić information content (AvgIpc) is 2.48. The normalized spacial score (nSPS) is 16.4. The largest absolute Gasteiger partial charge is 0.339 e. The lowest BCUT2D eigenvalue weighted by molar-refractivity contribution is 0.0691. The fraction of sp³-hybridized carbons (Fsp3) is 0.533. The van der Waals surface area contributed by atoms with Crippen molar-refractivity contribution in [1.82, 2.24) is 10.2 Å². The third-order valence-electron chi connectivity index (χ3n) is 3.90. The van der Waals surface area contributed by atoms with Crippen LogP contribution in [0.25, 0.3) is 0 Å². The van der Waals surface area contributed by atoms with Gasteiger partial charge in [-0.15, -0.1) is 0 Å². The maximum Gasteiger partial charge on any atom is 0.256 e. The predicted molar refractivity (Wildman–Crippen MR) is 87.4 cm³/mol. The van der Waals surface area contributed by atoms with Gasteiger partial charge in [0.1, 0.15) is 5.82 Å². The number of nitrogens with zero attached hydrogens (tertiary/aromatic N) is 1. The van der Waals surface area contributed by atoms with E-state index in [0.29, 0.717) is 19.0 Å². The van der Waals surface area contributed by atoms with Gasteiger partial charge in [-0.05, 0) is 50.6 Å². The summed E-state index contributed by atoms with van der Waals surface area (Å²) in [6.45, 7) is 2.07. The van der Waals surface area contributed by atoms with Crippen molar-refractivity contribution >= 4 is 21.6 Å². The quantitative estimate of drug-likeness (QED) is 0.844. The molecule has 8 heteroatoms. The molecule has 0 saturated carbocycles. The number of halogens is 1. The molecule has 2 rings (SSSR count). The Morgan fingerprint density at radius 1 is 1.35 bits per heavy atom. The van der Waals surface area contributed by atoms with Crippen LogP contribution in [-0.4, -0.2) is 52.2 Å². The first-order chi connectivity index (χ1) is 10.8. The zero-order chi connectivity index (χ0) is 17.0. The van der Waals surface area contributed by atoms with Gasteiger partial charge >= 0.3 is 0 Å². The number of amides is 1. The summed E-state index contributed by atoms with van der Waals surface area (Å²) >= 11 is 0. The number of hydrogen-bond donors (Lipinski definition) is 2. The minimum Gasteiger partial charge on any atom is -0.339 e. The highest BCUT2D eigenvalue weighted by molar-refractivity contribution is 7.92. The lowest BCUT2D eigenvalue weighted by Crippen LogP contribution is -2.40. The number of anilines is 1. The highest BCUT2D eigenvalue weighted by Crippen LogP contribution is 2.23. The lowest BCUT2D eigenvalue weighted by atomic mass is 9.96. The van der Waals surface area contributed by atoms with Crippen molar-refractivity contribution < 1.29 is 17.6 Å². The molecule has 1 aromatic rings. The number of hydrogen-bond acceptors (Lipinski definition) is 4. The zero-order valence-electron chi connectivity index (χ0n) is 13.3. The van der Waals surface area contributed by atoms with E-state index in [1.807, 2.05) is 7.05 Å². The Hall–Kier alpha value is -1.67. The van der Waals surface area contributed by atoms with Crippen molar-refractivity contribution in [3.05, 3.63) is 29.6 Å². The molecule has 1 aliphatic heterocycles. The van der Waals surface area contributed by atoms with Crippen molar-refractivity contribution in [3.63, 3.8) is 0 Å². The monoisotopic (exact) mass is 343 g/mol. The van der Waals surface area contributed by atoms with Crippen LogP contribution in [0.4, 0.5) is 10.1 Å². The molecule has 23 heavy (non-hydrogen) atoms. The highest BCUT2D eigenvalue weighted by Gasteiger charge is 2.25. The van der Waals surface area contributed by atoms with E-state index >= 15 is 0 Å². The zero-order valence-corrected chi connectivity index (χ0v) is 14.1. The fourth-order valence-electron chi connectivity index (χ4n) is 2.78. The molecule has 6 nitrogen and oxygen atoms in total. The Balaban J connectivity index is 2.17. The minimum atomic E-state index is -3.54. The van der Waals surface area contributed by atoms with E-state index in [1.165, 1.54) is 6.07 Å². The smallest absolute Gasteiger partial charge is 0.256 e. The second kappa shape index (κ2) is 7.27. The van der Waals surface area contributed by atoms with Crippen molar-refractivity contribution in [2.45, 2.75) is 12.8 Å². The number of piperidine rings is 1. The van der Waals surface area contributed by atoms with Gasteiger partial charge in [0.25, 0.3) is 5.91 Å². The van der Waals surface area contributed by atoms with Crippen LogP contribution in [0.2, 0.25) is 0 Å². The van der Waals surface area contributed by atoms with Gasteiger partial charge in [-0.1, -0.05) is 0 Å². The van der Waals surface area contributed by atoms with Gasteiger partial charge in [0.05, 0.1) is 17.5 Å². The van der Waals surface area contributed by atoms with Crippen LogP contribution in [0.1, 0.15) is 23.2 Å². The van der Waals surface area contributed by atoms with Crippen LogP contribution in [0.3, 0.4) is 0 Å². The summed E-state index contributed by atoms with van der Waals surface area (Å²) in [5, 5.41) is 3.13. The molecule has 128 valence electrons. The van der Waals surface area contributed by atoms with Gasteiger partial charge < -0.3 is 10.2 Å². The fourth-order valence-corrected chi connectivity index (χ4v) is 3.36.